The molecule has 7 heteroatoms. The highest BCUT2D eigenvalue weighted by atomic mass is 32.2. The van der Waals surface area contributed by atoms with E-state index in [1.54, 1.807) is 30.3 Å². The smallest absolute Gasteiger partial charge is 0.408 e. The van der Waals surface area contributed by atoms with Crippen LogP contribution >= 0.6 is 0 Å². The Balaban J connectivity index is 2.10. The van der Waals surface area contributed by atoms with Crippen molar-refractivity contribution in [1.82, 2.24) is 4.57 Å². The summed E-state index contributed by atoms with van der Waals surface area (Å²) in [5, 5.41) is 0. The predicted molar refractivity (Wildman–Crippen MR) is 88.2 cm³/mol. The summed E-state index contributed by atoms with van der Waals surface area (Å²) in [7, 11) is -2.24. The molecule has 23 heavy (non-hydrogen) atoms. The van der Waals surface area contributed by atoms with Gasteiger partial charge < -0.3 is 4.42 Å². The van der Waals surface area contributed by atoms with Crippen LogP contribution in [-0.2, 0) is 16.6 Å². The second-order valence-electron chi connectivity index (χ2n) is 5.05. The highest BCUT2D eigenvalue weighted by Crippen LogP contribution is 2.24. The Morgan fingerprint density at radius 2 is 1.83 bits per heavy atom. The maximum atomic E-state index is 12.7. The van der Waals surface area contributed by atoms with E-state index in [9.17, 15) is 13.2 Å². The van der Waals surface area contributed by atoms with Crippen LogP contribution in [0.3, 0.4) is 0 Å². The van der Waals surface area contributed by atoms with Crippen LogP contribution in [0.2, 0.25) is 0 Å². The number of para-hydroxylation sites is 1. The molecule has 0 aliphatic rings. The number of hydrogen-bond acceptors (Lipinski definition) is 4. The van der Waals surface area contributed by atoms with Crippen molar-refractivity contribution in [2.45, 2.75) is 18.4 Å². The molecular weight excluding hydrogens is 316 g/mol. The minimum Gasteiger partial charge on any atom is -0.408 e. The van der Waals surface area contributed by atoms with Gasteiger partial charge in [0.05, 0.1) is 16.1 Å². The van der Waals surface area contributed by atoms with Crippen molar-refractivity contribution in [1.29, 1.82) is 0 Å². The highest BCUT2D eigenvalue weighted by Gasteiger charge is 2.22. The third-order valence-corrected chi connectivity index (χ3v) is 5.52. The second kappa shape index (κ2) is 5.58. The van der Waals surface area contributed by atoms with E-state index >= 15 is 0 Å². The van der Waals surface area contributed by atoms with Gasteiger partial charge >= 0.3 is 5.76 Å². The van der Waals surface area contributed by atoms with Crippen molar-refractivity contribution in [3.8, 4) is 0 Å². The van der Waals surface area contributed by atoms with E-state index in [-0.39, 0.29) is 10.5 Å². The standard InChI is InChI=1S/C16H16N2O4S/c1-3-18-14-10-9-13(11-15(14)22-16(18)19)23(20,21)17(2)12-7-5-4-6-8-12/h4-11H,3H2,1-2H3. The number of rotatable bonds is 4. The van der Waals surface area contributed by atoms with Crippen molar-refractivity contribution in [2.75, 3.05) is 11.4 Å². The molecule has 0 N–H and O–H groups in total. The third kappa shape index (κ3) is 2.53. The molecule has 0 amide bonds. The Morgan fingerprint density at radius 3 is 2.48 bits per heavy atom. The van der Waals surface area contributed by atoms with Crippen LogP contribution in [0, 0.1) is 0 Å². The first-order chi connectivity index (χ1) is 10.9. The van der Waals surface area contributed by atoms with Gasteiger partial charge in [-0.05, 0) is 31.2 Å². The lowest BCUT2D eigenvalue weighted by Crippen LogP contribution is -2.26. The van der Waals surface area contributed by atoms with Crippen molar-refractivity contribution in [3.05, 3.63) is 59.1 Å². The van der Waals surface area contributed by atoms with Gasteiger partial charge in [-0.1, -0.05) is 18.2 Å². The highest BCUT2D eigenvalue weighted by molar-refractivity contribution is 7.92. The molecule has 0 unspecified atom stereocenters. The van der Waals surface area contributed by atoms with Crippen LogP contribution < -0.4 is 10.1 Å². The zero-order chi connectivity index (χ0) is 16.6. The van der Waals surface area contributed by atoms with Gasteiger partial charge in [-0.25, -0.2) is 13.2 Å². The summed E-state index contributed by atoms with van der Waals surface area (Å²) in [6.07, 6.45) is 0. The van der Waals surface area contributed by atoms with E-state index in [4.69, 9.17) is 4.42 Å². The maximum Gasteiger partial charge on any atom is 0.419 e. The van der Waals surface area contributed by atoms with Gasteiger partial charge in [-0.2, -0.15) is 0 Å². The van der Waals surface area contributed by atoms with E-state index in [0.717, 1.165) is 0 Å². The molecule has 0 spiro atoms. The monoisotopic (exact) mass is 332 g/mol. The molecule has 0 fully saturated rings. The van der Waals surface area contributed by atoms with Crippen LogP contribution in [0.4, 0.5) is 5.69 Å². The summed E-state index contributed by atoms with van der Waals surface area (Å²) in [6, 6.07) is 13.2. The molecule has 3 aromatic rings. The van der Waals surface area contributed by atoms with Crippen LogP contribution in [-0.4, -0.2) is 20.0 Å². The number of benzene rings is 2. The molecule has 1 heterocycles. The number of anilines is 1. The summed E-state index contributed by atoms with van der Waals surface area (Å²) < 4.78 is 33.3. The van der Waals surface area contributed by atoms with E-state index in [0.29, 0.717) is 17.7 Å². The van der Waals surface area contributed by atoms with Gasteiger partial charge in [0, 0.05) is 19.7 Å². The molecule has 120 valence electrons. The van der Waals surface area contributed by atoms with Gasteiger partial charge in [0.15, 0.2) is 5.58 Å². The summed E-state index contributed by atoms with van der Waals surface area (Å²) in [6.45, 7) is 2.28. The number of aromatic nitrogens is 1. The second-order valence-corrected chi connectivity index (χ2v) is 7.02. The summed E-state index contributed by atoms with van der Waals surface area (Å²) in [5.41, 5.74) is 1.40. The van der Waals surface area contributed by atoms with Gasteiger partial charge in [-0.15, -0.1) is 0 Å². The number of aryl methyl sites for hydroxylation is 1. The minimum atomic E-state index is -3.73. The summed E-state index contributed by atoms with van der Waals surface area (Å²) in [4.78, 5) is 11.8. The van der Waals surface area contributed by atoms with Crippen molar-refractivity contribution >= 4 is 26.8 Å². The first kappa shape index (κ1) is 15.4. The van der Waals surface area contributed by atoms with Gasteiger partial charge in [0.1, 0.15) is 0 Å². The number of hydrogen-bond donors (Lipinski definition) is 0. The lowest BCUT2D eigenvalue weighted by molar-refractivity contribution is 0.512. The van der Waals surface area contributed by atoms with Crippen molar-refractivity contribution in [2.24, 2.45) is 0 Å². The molecule has 0 atom stereocenters. The minimum absolute atomic E-state index is 0.0772. The Labute approximate surface area is 133 Å². The molecule has 0 aliphatic heterocycles. The molecule has 3 rings (SSSR count). The molecule has 0 saturated carbocycles. The Morgan fingerprint density at radius 1 is 1.13 bits per heavy atom. The lowest BCUT2D eigenvalue weighted by atomic mass is 10.3. The molecule has 2 aromatic carbocycles. The van der Waals surface area contributed by atoms with Crippen molar-refractivity contribution < 1.29 is 12.8 Å². The van der Waals surface area contributed by atoms with E-state index in [1.807, 2.05) is 13.0 Å². The fraction of sp³-hybridized carbons (Fsp3) is 0.188. The molecule has 1 aromatic heterocycles. The average molecular weight is 332 g/mol. The van der Waals surface area contributed by atoms with Gasteiger partial charge in [-0.3, -0.25) is 8.87 Å². The first-order valence-corrected chi connectivity index (χ1v) is 8.56. The largest absolute Gasteiger partial charge is 0.419 e. The molecule has 0 aliphatic carbocycles. The van der Waals surface area contributed by atoms with E-state index in [1.165, 1.54) is 28.1 Å². The fourth-order valence-corrected chi connectivity index (χ4v) is 3.65. The topological polar surface area (TPSA) is 72.5 Å². The molecule has 0 saturated heterocycles. The van der Waals surface area contributed by atoms with E-state index < -0.39 is 15.8 Å². The normalized spacial score (nSPS) is 11.7. The van der Waals surface area contributed by atoms with Crippen LogP contribution in [0.25, 0.3) is 11.1 Å². The predicted octanol–water partition coefficient (Wildman–Crippen LogP) is 2.44. The zero-order valence-electron chi connectivity index (χ0n) is 12.8. The number of nitrogens with zero attached hydrogens (tertiary/aromatic N) is 2. The SMILES string of the molecule is CCn1c(=O)oc2cc(S(=O)(=O)N(C)c3ccccc3)ccc21. The zero-order valence-corrected chi connectivity index (χ0v) is 13.6. The fourth-order valence-electron chi connectivity index (χ4n) is 2.44. The molecule has 6 nitrogen and oxygen atoms in total. The number of oxazole rings is 1. The molecular formula is C16H16N2O4S. The quantitative estimate of drug-likeness (QED) is 0.735. The average Bonchev–Trinajstić information content (AvgIpc) is 2.88. The Hall–Kier alpha value is -2.54. The van der Waals surface area contributed by atoms with Gasteiger partial charge in [0.2, 0.25) is 0 Å². The van der Waals surface area contributed by atoms with Crippen LogP contribution in [0.1, 0.15) is 6.92 Å². The maximum absolute atomic E-state index is 12.7. The number of fused-ring (bicyclic) bond motifs is 1. The summed E-state index contributed by atoms with van der Waals surface area (Å²) >= 11 is 0. The molecule has 0 radical (unpaired) electrons. The first-order valence-electron chi connectivity index (χ1n) is 7.12. The van der Waals surface area contributed by atoms with Gasteiger partial charge in [0.25, 0.3) is 10.0 Å². The third-order valence-electron chi connectivity index (χ3n) is 3.73. The molecule has 0 bridgehead atoms. The lowest BCUT2D eigenvalue weighted by Gasteiger charge is -2.19. The van der Waals surface area contributed by atoms with Crippen molar-refractivity contribution in [3.63, 3.8) is 0 Å². The Bertz CT molecular complexity index is 1000. The van der Waals surface area contributed by atoms with Crippen LogP contribution in [0.15, 0.2) is 62.6 Å². The number of sulfonamides is 1. The summed E-state index contributed by atoms with van der Waals surface area (Å²) in [5.74, 6) is -0.492. The Kier molecular flexibility index (Phi) is 3.73. The van der Waals surface area contributed by atoms with Crippen LogP contribution in [0.5, 0.6) is 0 Å². The van der Waals surface area contributed by atoms with E-state index in [2.05, 4.69) is 0 Å².